The third kappa shape index (κ3) is 4.82. The molecule has 0 heterocycles. The summed E-state index contributed by atoms with van der Waals surface area (Å²) in [4.78, 5) is 0. The fourth-order valence-corrected chi connectivity index (χ4v) is 4.45. The van der Waals surface area contributed by atoms with Crippen LogP contribution in [0.25, 0.3) is 17.0 Å². The third-order valence-electron chi connectivity index (χ3n) is 6.51. The van der Waals surface area contributed by atoms with Crippen LogP contribution in [0.3, 0.4) is 0 Å². The smallest absolute Gasteiger partial charge is 0.523 e. The number of allylic oxidation sites excluding steroid dienone is 1. The molecule has 1 aliphatic rings. The molecule has 0 radical (unpaired) electrons. The molecule has 2 nitrogen and oxygen atoms in total. The van der Waals surface area contributed by atoms with E-state index < -0.39 is 134 Å². The first kappa shape index (κ1) is 31.7. The van der Waals surface area contributed by atoms with Gasteiger partial charge < -0.3 is 9.31 Å². The second kappa shape index (κ2) is 11.3. The highest BCUT2D eigenvalue weighted by atomic mass is 19.2. The van der Waals surface area contributed by atoms with Crippen molar-refractivity contribution in [1.29, 1.82) is 0 Å². The molecule has 45 heavy (non-hydrogen) atoms. The zero-order valence-corrected chi connectivity index (χ0v) is 21.0. The van der Waals surface area contributed by atoms with Gasteiger partial charge in [0.1, 0.15) is 17.4 Å². The quantitative estimate of drug-likeness (QED) is 0.0892. The summed E-state index contributed by atoms with van der Waals surface area (Å²) in [6, 6.07) is 2.53. The largest absolute Gasteiger partial charge is 0.610 e. The van der Waals surface area contributed by atoms with Gasteiger partial charge in [-0.2, -0.15) is 8.78 Å². The number of hydrogen-bond acceptors (Lipinski definition) is 2. The molecule has 1 atom stereocenters. The summed E-state index contributed by atoms with van der Waals surface area (Å²) in [7, 11) is -3.07. The van der Waals surface area contributed by atoms with Gasteiger partial charge in [-0.1, -0.05) is 12.1 Å². The summed E-state index contributed by atoms with van der Waals surface area (Å²) in [6.07, 6.45) is 0. The van der Waals surface area contributed by atoms with Crippen LogP contribution in [0.15, 0.2) is 36.2 Å². The van der Waals surface area contributed by atoms with Crippen LogP contribution in [0.1, 0.15) is 16.9 Å². The van der Waals surface area contributed by atoms with Crippen LogP contribution in [-0.4, -0.2) is 7.12 Å². The predicted octanol–water partition coefficient (Wildman–Crippen LogP) is 9.05. The van der Waals surface area contributed by atoms with E-state index in [4.69, 9.17) is 9.31 Å². The maximum Gasteiger partial charge on any atom is 0.610 e. The molecule has 0 saturated heterocycles. The van der Waals surface area contributed by atoms with Crippen molar-refractivity contribution in [3.05, 3.63) is 123 Å². The first-order valence-corrected chi connectivity index (χ1v) is 11.8. The SMILES string of the molecule is FC1=C(F)C(B(Oc2cccc(F)c2F)Oc2c(F)c(F)c(F)c(F)c2-c2c(F)c(F)c(F)c(F)c2F)c2ccc(F)c(F)c21. The maximum absolute atomic E-state index is 15.3. The van der Waals surface area contributed by atoms with Gasteiger partial charge in [-0.3, -0.25) is 0 Å². The molecule has 0 saturated carbocycles. The molecule has 1 unspecified atom stereocenters. The molecule has 0 N–H and O–H groups in total. The lowest BCUT2D eigenvalue weighted by Gasteiger charge is -2.24. The number of halogens is 15. The summed E-state index contributed by atoms with van der Waals surface area (Å²) in [5.41, 5.74) is -7.30. The first-order chi connectivity index (χ1) is 21.1. The first-order valence-electron chi connectivity index (χ1n) is 11.8. The Balaban J connectivity index is 1.81. The molecule has 4 aromatic rings. The van der Waals surface area contributed by atoms with Gasteiger partial charge in [0, 0.05) is 0 Å². The lowest BCUT2D eigenvalue weighted by molar-refractivity contribution is 0.348. The lowest BCUT2D eigenvalue weighted by atomic mass is 9.68. The fourth-order valence-electron chi connectivity index (χ4n) is 4.45. The van der Waals surface area contributed by atoms with Gasteiger partial charge in [0.2, 0.25) is 17.5 Å². The van der Waals surface area contributed by atoms with E-state index in [0.29, 0.717) is 18.2 Å². The van der Waals surface area contributed by atoms with Gasteiger partial charge in [-0.15, -0.1) is 0 Å². The Morgan fingerprint density at radius 3 is 1.56 bits per heavy atom. The average molecular weight is 658 g/mol. The number of rotatable bonds is 6. The Labute approximate surface area is 240 Å². The van der Waals surface area contributed by atoms with Gasteiger partial charge in [-0.25, -0.2) is 57.1 Å². The molecule has 0 fully saturated rings. The molecule has 4 aromatic carbocycles. The standard InChI is InChI=1S/C27H6BF15O2/c29-7-2-1-3-9(14(7)31)44-28(13-6-4-5-8(30)15(32)10(6)16(33)20(13)37)45-27-12(19(36)23(40)25(42)26(27)43)11-17(34)21(38)24(41)22(39)18(11)35/h1-5,13H. The molecule has 0 amide bonds. The minimum Gasteiger partial charge on any atom is -0.523 e. The molecule has 0 bridgehead atoms. The monoisotopic (exact) mass is 658 g/mol. The Morgan fingerprint density at radius 2 is 0.956 bits per heavy atom. The van der Waals surface area contributed by atoms with E-state index >= 15 is 13.2 Å². The highest BCUT2D eigenvalue weighted by Gasteiger charge is 2.50. The maximum atomic E-state index is 15.3. The van der Waals surface area contributed by atoms with E-state index in [-0.39, 0.29) is 6.07 Å². The topological polar surface area (TPSA) is 18.5 Å². The molecular formula is C27H6BF15O2. The van der Waals surface area contributed by atoms with E-state index in [1.807, 2.05) is 0 Å². The van der Waals surface area contributed by atoms with Crippen LogP contribution in [-0.2, 0) is 0 Å². The normalized spacial score (nSPS) is 14.2. The predicted molar refractivity (Wildman–Crippen MR) is 123 cm³/mol. The van der Waals surface area contributed by atoms with Crippen LogP contribution in [0.4, 0.5) is 65.9 Å². The Morgan fingerprint density at radius 1 is 0.444 bits per heavy atom. The molecular weight excluding hydrogens is 652 g/mol. The van der Waals surface area contributed by atoms with Crippen molar-refractivity contribution < 1.29 is 75.2 Å². The molecule has 5 rings (SSSR count). The van der Waals surface area contributed by atoms with Crippen molar-refractivity contribution in [2.45, 2.75) is 5.82 Å². The van der Waals surface area contributed by atoms with Crippen molar-refractivity contribution in [3.8, 4) is 22.6 Å². The molecule has 18 heteroatoms. The molecule has 1 aliphatic carbocycles. The van der Waals surface area contributed by atoms with Crippen LogP contribution in [0, 0.1) is 75.6 Å². The third-order valence-corrected chi connectivity index (χ3v) is 6.51. The number of hydrogen-bond donors (Lipinski definition) is 0. The Hall–Kier alpha value is -4.77. The van der Waals surface area contributed by atoms with Crippen LogP contribution in [0.2, 0.25) is 0 Å². The van der Waals surface area contributed by atoms with Crippen molar-refractivity contribution in [2.24, 2.45) is 0 Å². The van der Waals surface area contributed by atoms with Gasteiger partial charge in [0.15, 0.2) is 69.7 Å². The summed E-state index contributed by atoms with van der Waals surface area (Å²) in [5, 5.41) is 0. The zero-order chi connectivity index (χ0) is 33.2. The second-order valence-electron chi connectivity index (χ2n) is 9.03. The Bertz CT molecular complexity index is 1920. The van der Waals surface area contributed by atoms with E-state index in [0.717, 1.165) is 6.07 Å². The van der Waals surface area contributed by atoms with Gasteiger partial charge in [0.25, 0.3) is 0 Å². The molecule has 0 aromatic heterocycles. The van der Waals surface area contributed by atoms with Crippen LogP contribution in [0.5, 0.6) is 11.5 Å². The molecule has 0 spiro atoms. The highest BCUT2D eigenvalue weighted by Crippen LogP contribution is 2.49. The highest BCUT2D eigenvalue weighted by molar-refractivity contribution is 6.50. The van der Waals surface area contributed by atoms with E-state index in [9.17, 15) is 52.7 Å². The average Bonchev–Trinajstić information content (AvgIpc) is 3.27. The summed E-state index contributed by atoms with van der Waals surface area (Å²) < 4.78 is 226. The van der Waals surface area contributed by atoms with Crippen molar-refractivity contribution in [3.63, 3.8) is 0 Å². The molecule has 234 valence electrons. The van der Waals surface area contributed by atoms with Crippen molar-refractivity contribution >= 4 is 12.9 Å². The summed E-state index contributed by atoms with van der Waals surface area (Å²) in [6.45, 7) is 0. The van der Waals surface area contributed by atoms with E-state index in [1.54, 1.807) is 0 Å². The summed E-state index contributed by atoms with van der Waals surface area (Å²) >= 11 is 0. The second-order valence-corrected chi connectivity index (χ2v) is 9.03. The van der Waals surface area contributed by atoms with Crippen molar-refractivity contribution in [1.82, 2.24) is 0 Å². The fraction of sp³-hybridized carbons (Fsp3) is 0.0370. The van der Waals surface area contributed by atoms with E-state index in [2.05, 4.69) is 0 Å². The minimum absolute atomic E-state index is 0.283. The number of benzene rings is 4. The van der Waals surface area contributed by atoms with Crippen LogP contribution < -0.4 is 9.31 Å². The van der Waals surface area contributed by atoms with Crippen LogP contribution >= 0.6 is 0 Å². The Kier molecular flexibility index (Phi) is 7.95. The number of fused-ring (bicyclic) bond motifs is 1. The van der Waals surface area contributed by atoms with Crippen molar-refractivity contribution in [2.75, 3.05) is 0 Å². The minimum atomic E-state index is -3.07. The summed E-state index contributed by atoms with van der Waals surface area (Å²) in [5.74, 6) is -43.9. The van der Waals surface area contributed by atoms with Gasteiger partial charge >= 0.3 is 7.12 Å². The zero-order valence-electron chi connectivity index (χ0n) is 21.0. The molecule has 0 aliphatic heterocycles. The van der Waals surface area contributed by atoms with E-state index in [1.165, 1.54) is 0 Å². The lowest BCUT2D eigenvalue weighted by Crippen LogP contribution is -2.38. The van der Waals surface area contributed by atoms with Gasteiger partial charge in [-0.05, 0) is 23.8 Å². The van der Waals surface area contributed by atoms with Gasteiger partial charge in [0.05, 0.1) is 16.7 Å².